The molecule has 0 spiro atoms. The van der Waals surface area contributed by atoms with Crippen molar-refractivity contribution in [3.05, 3.63) is 47.6 Å². The molecule has 0 aromatic carbocycles. The van der Waals surface area contributed by atoms with Gasteiger partial charge in [0.1, 0.15) is 24.9 Å². The van der Waals surface area contributed by atoms with Crippen LogP contribution in [-0.2, 0) is 38.1 Å². The molecule has 1 N–H and O–H groups in total. The molecule has 0 aliphatic heterocycles. The molecule has 0 aromatic heterocycles. The predicted octanol–water partition coefficient (Wildman–Crippen LogP) is 32.2. The van der Waals surface area contributed by atoms with Crippen molar-refractivity contribution in [3.63, 3.8) is 0 Å². The lowest BCUT2D eigenvalue weighted by atomic mass is 9.32. The van der Waals surface area contributed by atoms with Crippen molar-refractivity contribution >= 4 is 41.1 Å². The predicted molar refractivity (Wildman–Crippen MR) is 546 cm³/mol. The topological polar surface area (TPSA) is 118 Å². The first-order valence-electron chi connectivity index (χ1n) is 56.2. The summed E-state index contributed by atoms with van der Waals surface area (Å²) in [6, 6.07) is 0. The summed E-state index contributed by atoms with van der Waals surface area (Å²) in [7, 11) is 3.25. The van der Waals surface area contributed by atoms with E-state index in [9.17, 15) is 9.90 Å². The Labute approximate surface area is 818 Å². The third-order valence-corrected chi connectivity index (χ3v) is 48.8. The Kier molecular flexibility index (Phi) is 30.6. The smallest absolute Gasteiger partial charge is 0.332 e. The highest BCUT2D eigenvalue weighted by atomic mass is 35.5. The minimum atomic E-state index is -0.393. The number of alkyl halides is 2. The highest BCUT2D eigenvalue weighted by molar-refractivity contribution is 6.40. The molecule has 16 saturated carbocycles. The van der Waals surface area contributed by atoms with Crippen LogP contribution in [0.1, 0.15) is 429 Å². The first-order valence-corrected chi connectivity index (χ1v) is 57.3. The second-order valence-corrected chi connectivity index (χ2v) is 55.9. The maximum absolute atomic E-state index is 15.3. The van der Waals surface area contributed by atoms with E-state index in [-0.39, 0.29) is 114 Å². The second kappa shape index (κ2) is 38.8. The average Bonchev–Trinajstić information content (AvgIpc) is 1.12. The molecule has 750 valence electrons. The number of aliphatic hydroxyl groups excluding tert-OH is 1. The molecule has 9 nitrogen and oxygen atoms in total. The number of allylic oxidation sites excluding steroid dienone is 4. The van der Waals surface area contributed by atoms with E-state index >= 15 is 9.59 Å². The standard InChI is InChI=1S/C60H96O5.C57H92O3.C3H8O.CH2Cl2/c1-37(2)15-14-16-39(5)44-19-20-45-43-18-17-40-35-41(23-28-55(40,8)46(43)25-29-56(44,45)9)64-53(62)60-32-24-42(38(3)4)52(60)47-21-22-49-57(10)30-27-50(65-51(61)36-63-13)54(6,7)48(57)26-31-59(49,12)58(47,11)33-34-60;1-35(2)14-13-15-37(5)42-18-19-43-41-17-16-38-34-39(22-27-52(38,8)44(41)24-28-53(42,43)9)60-50(59)57-31-23-40(36(3)4)49(57)45-20-21-47-54(10)29-26-48(58)51(6,7)46(54)25-30-56(47,12)55(45,11)32-33-57;1-3-4-2;2-1-3/h17,37,39,41-50,52H,3,14-16,18-36H2,1-2,4-13H3;16,35,37,39-49,58H,3,13-15,17-34H2,1-2,4-12H3;3H2,1-2H3;1H2/t39-,41-,42+,43+,44-,45+,46+,47-,48?,49-,50+,52?,55+,56-,57+,58-,59-,60+;37-,39-,40+,41+,42-,43+,44+,45-,46?,47-,48+,49?,52+,53-,54+,55-,56-,57+;;/m11../s1. The zero-order valence-corrected chi connectivity index (χ0v) is 90.9. The highest BCUT2D eigenvalue weighted by Crippen LogP contribution is 2.82. The van der Waals surface area contributed by atoms with Crippen LogP contribution in [0.25, 0.3) is 0 Å². The van der Waals surface area contributed by atoms with Gasteiger partial charge in [-0.25, -0.2) is 4.79 Å². The van der Waals surface area contributed by atoms with E-state index in [1.165, 1.54) is 178 Å². The number of methoxy groups -OCH3 is 2. The van der Waals surface area contributed by atoms with Crippen LogP contribution in [0.15, 0.2) is 47.6 Å². The Morgan fingerprint density at radius 1 is 0.417 bits per heavy atom. The first-order chi connectivity index (χ1) is 62.1. The van der Waals surface area contributed by atoms with Crippen LogP contribution in [0.3, 0.4) is 0 Å². The van der Waals surface area contributed by atoms with E-state index in [1.807, 2.05) is 6.92 Å². The molecule has 0 amide bonds. The molecule has 11 heteroatoms. The Balaban J connectivity index is 0.000000189. The van der Waals surface area contributed by atoms with E-state index in [0.717, 1.165) is 180 Å². The molecule has 132 heavy (non-hydrogen) atoms. The number of ether oxygens (including phenoxy) is 5. The van der Waals surface area contributed by atoms with Crippen LogP contribution in [0, 0.1) is 206 Å². The molecular formula is C121H198Cl2O9. The molecule has 18 rings (SSSR count). The Morgan fingerprint density at radius 2 is 0.811 bits per heavy atom. The molecule has 0 saturated heterocycles. The van der Waals surface area contributed by atoms with E-state index in [1.54, 1.807) is 25.4 Å². The summed E-state index contributed by atoms with van der Waals surface area (Å²) in [5, 5.41) is 11.4. The van der Waals surface area contributed by atoms with Crippen molar-refractivity contribution in [2.24, 2.45) is 206 Å². The minimum Gasteiger partial charge on any atom is -0.462 e. The van der Waals surface area contributed by atoms with Crippen molar-refractivity contribution in [1.82, 2.24) is 0 Å². The molecule has 0 radical (unpaired) electrons. The van der Waals surface area contributed by atoms with Gasteiger partial charge in [0.25, 0.3) is 0 Å². The maximum atomic E-state index is 15.3. The van der Waals surface area contributed by atoms with Crippen LogP contribution >= 0.6 is 23.2 Å². The normalized spacial score (nSPS) is 48.0. The third kappa shape index (κ3) is 17.0. The summed E-state index contributed by atoms with van der Waals surface area (Å²) in [6.07, 6.45) is 56.2. The van der Waals surface area contributed by atoms with Gasteiger partial charge in [-0.3, -0.25) is 9.59 Å². The number of esters is 3. The van der Waals surface area contributed by atoms with Crippen LogP contribution in [0.4, 0.5) is 0 Å². The maximum Gasteiger partial charge on any atom is 0.332 e. The van der Waals surface area contributed by atoms with Gasteiger partial charge >= 0.3 is 17.9 Å². The summed E-state index contributed by atoms with van der Waals surface area (Å²) < 4.78 is 29.9. The van der Waals surface area contributed by atoms with Crippen LogP contribution < -0.4 is 0 Å². The Bertz CT molecular complexity index is 4150. The van der Waals surface area contributed by atoms with Gasteiger partial charge in [0.05, 0.1) is 22.3 Å². The van der Waals surface area contributed by atoms with Gasteiger partial charge in [0.2, 0.25) is 0 Å². The van der Waals surface area contributed by atoms with E-state index in [4.69, 9.17) is 42.1 Å². The molecule has 4 unspecified atom stereocenters. The molecule has 16 fully saturated rings. The second-order valence-electron chi connectivity index (χ2n) is 55.1. The van der Waals surface area contributed by atoms with E-state index in [0.29, 0.717) is 70.0 Å². The number of halogens is 2. The van der Waals surface area contributed by atoms with Gasteiger partial charge in [-0.1, -0.05) is 225 Å². The van der Waals surface area contributed by atoms with Gasteiger partial charge in [0.15, 0.2) is 0 Å². The zero-order valence-electron chi connectivity index (χ0n) is 89.4. The van der Waals surface area contributed by atoms with Crippen molar-refractivity contribution in [1.29, 1.82) is 0 Å². The lowest BCUT2D eigenvalue weighted by Gasteiger charge is -2.72. The summed E-state index contributed by atoms with van der Waals surface area (Å²) in [5.74, 6) is 15.1. The van der Waals surface area contributed by atoms with Crippen LogP contribution in [0.2, 0.25) is 0 Å². The molecule has 18 aliphatic carbocycles. The fourth-order valence-electron chi connectivity index (χ4n) is 41.5. The fourth-order valence-corrected chi connectivity index (χ4v) is 41.5. The SMILES string of the molecule is C=C(C)[C@@H]1CC[C@]2(C(=O)O[C@@H]3CC[C@@]4(C)C(=CC[C@H]5[C@@H]6CC[C@H]([C@H](C)CCCC(C)C)[C@@]6(C)CC[C@@H]54)C3)CC[C@]3(C)[C@H](CC[C@@H]4[C@@]5(C)CC[C@H](O)C(C)(C)C5CC[C@]43C)C12.C=C(C)[C@@H]1CC[C@]2(C(=O)O[C@@H]3CC[C@@]4(C)C(=CC[C@H]5[C@@H]6CC[C@H]([C@H](C)CCCC(C)C)[C@@]6(C)CC[C@@H]54)C3)CC[C@]3(C)[C@H](CC[C@@H]4[C@@]5(C)CC[C@H](OC(=O)COC)C(C)(C)C5CC[C@]43C)C12.CCOC.ClCCl. The van der Waals surface area contributed by atoms with E-state index < -0.39 is 5.41 Å². The number of carbonyl (C=O) groups is 3. The largest absolute Gasteiger partial charge is 0.462 e. The van der Waals surface area contributed by atoms with Gasteiger partial charge < -0.3 is 28.8 Å². The lowest BCUT2D eigenvalue weighted by Crippen LogP contribution is -2.67. The summed E-state index contributed by atoms with van der Waals surface area (Å²) in [5.41, 5.74) is 7.82. The van der Waals surface area contributed by atoms with Gasteiger partial charge in [-0.2, -0.15) is 0 Å². The molecule has 0 bridgehead atoms. The van der Waals surface area contributed by atoms with Crippen LogP contribution in [0.5, 0.6) is 0 Å². The molecule has 0 aromatic rings. The Morgan fingerprint density at radius 3 is 1.20 bits per heavy atom. The summed E-state index contributed by atoms with van der Waals surface area (Å²) in [6.45, 7) is 67.6. The lowest BCUT2D eigenvalue weighted by molar-refractivity contribution is -0.251. The highest BCUT2D eigenvalue weighted by Gasteiger charge is 2.76. The number of aliphatic hydroxyl groups is 1. The molecule has 0 heterocycles. The summed E-state index contributed by atoms with van der Waals surface area (Å²) >= 11 is 9.53. The zero-order chi connectivity index (χ0) is 95.8. The van der Waals surface area contributed by atoms with Crippen molar-refractivity contribution < 1.29 is 43.2 Å². The molecular weight excluding hydrogens is 1670 g/mol. The third-order valence-electron chi connectivity index (χ3n) is 48.8. The number of fused-ring (bicyclic) bond motifs is 24. The number of rotatable bonds is 20. The summed E-state index contributed by atoms with van der Waals surface area (Å²) in [4.78, 5) is 43.3. The number of carbonyl (C=O) groups excluding carboxylic acids is 3. The fraction of sp³-hybridized carbons (Fsp3) is 0.909. The van der Waals surface area contributed by atoms with Gasteiger partial charge in [-0.15, -0.1) is 23.2 Å². The van der Waals surface area contributed by atoms with Crippen molar-refractivity contribution in [2.75, 3.05) is 32.8 Å². The van der Waals surface area contributed by atoms with Gasteiger partial charge in [-0.05, 0) is 429 Å². The number of hydrogen-bond acceptors (Lipinski definition) is 9. The van der Waals surface area contributed by atoms with Gasteiger partial charge in [0, 0.05) is 39.1 Å². The average molecular weight is 1870 g/mol. The molecule has 36 atom stereocenters. The Hall–Kier alpha value is -2.17. The van der Waals surface area contributed by atoms with Crippen molar-refractivity contribution in [3.8, 4) is 0 Å². The van der Waals surface area contributed by atoms with Crippen LogP contribution in [-0.4, -0.2) is 80.2 Å². The quantitative estimate of drug-likeness (QED) is 0.0550. The van der Waals surface area contributed by atoms with E-state index in [2.05, 4.69) is 182 Å². The van der Waals surface area contributed by atoms with Crippen molar-refractivity contribution in [2.45, 2.75) is 453 Å². The molecule has 18 aliphatic rings. The number of hydrogen-bond donors (Lipinski definition) is 1. The monoisotopic (exact) mass is 1870 g/mol. The minimum absolute atomic E-state index is 0.0118. The first kappa shape index (κ1) is 104.